The van der Waals surface area contributed by atoms with E-state index < -0.39 is 14.9 Å². The van der Waals surface area contributed by atoms with Crippen LogP contribution in [0.1, 0.15) is 19.8 Å². The fourth-order valence-electron chi connectivity index (χ4n) is 2.02. The third-order valence-electron chi connectivity index (χ3n) is 2.97. The van der Waals surface area contributed by atoms with Gasteiger partial charge < -0.3 is 5.73 Å². The van der Waals surface area contributed by atoms with E-state index in [2.05, 4.69) is 0 Å². The van der Waals surface area contributed by atoms with Crippen LogP contribution in [0.15, 0.2) is 10.3 Å². The van der Waals surface area contributed by atoms with Crippen LogP contribution in [0.4, 0.5) is 10.7 Å². The zero-order valence-corrected chi connectivity index (χ0v) is 11.3. The fourth-order valence-corrected chi connectivity index (χ4v) is 5.07. The van der Waals surface area contributed by atoms with Crippen LogP contribution in [-0.4, -0.2) is 30.2 Å². The number of nitro groups is 1. The van der Waals surface area contributed by atoms with Crippen molar-refractivity contribution in [1.29, 1.82) is 0 Å². The molecule has 1 atom stereocenters. The van der Waals surface area contributed by atoms with Crippen molar-refractivity contribution in [3.8, 4) is 0 Å². The van der Waals surface area contributed by atoms with Crippen LogP contribution in [0.5, 0.6) is 0 Å². The Morgan fingerprint density at radius 1 is 1.61 bits per heavy atom. The average molecular weight is 291 g/mol. The molecule has 1 aromatic rings. The minimum atomic E-state index is -3.66. The maximum atomic E-state index is 12.3. The molecule has 1 aliphatic rings. The van der Waals surface area contributed by atoms with E-state index in [1.54, 1.807) is 0 Å². The van der Waals surface area contributed by atoms with Crippen molar-refractivity contribution in [2.24, 2.45) is 0 Å². The molecule has 1 fully saturated rings. The van der Waals surface area contributed by atoms with Crippen molar-refractivity contribution < 1.29 is 13.3 Å². The summed E-state index contributed by atoms with van der Waals surface area (Å²) >= 11 is 0.745. The van der Waals surface area contributed by atoms with Gasteiger partial charge in [0.2, 0.25) is 0 Å². The van der Waals surface area contributed by atoms with Crippen LogP contribution in [0, 0.1) is 10.1 Å². The summed E-state index contributed by atoms with van der Waals surface area (Å²) in [5, 5.41) is 10.6. The first-order chi connectivity index (χ1) is 8.34. The quantitative estimate of drug-likeness (QED) is 0.669. The molecule has 0 aliphatic carbocycles. The third kappa shape index (κ3) is 2.08. The van der Waals surface area contributed by atoms with Crippen LogP contribution in [-0.2, 0) is 10.0 Å². The lowest BCUT2D eigenvalue weighted by molar-refractivity contribution is -0.383. The highest BCUT2D eigenvalue weighted by atomic mass is 32.2. The molecule has 0 radical (unpaired) electrons. The van der Waals surface area contributed by atoms with Crippen molar-refractivity contribution >= 4 is 32.0 Å². The minimum Gasteiger partial charge on any atom is -0.385 e. The first-order valence-corrected chi connectivity index (χ1v) is 7.65. The zero-order valence-electron chi connectivity index (χ0n) is 9.70. The maximum absolute atomic E-state index is 12.3. The summed E-state index contributed by atoms with van der Waals surface area (Å²) in [5.74, 6) is 0. The second-order valence-electron chi connectivity index (χ2n) is 4.18. The molecule has 9 heteroatoms. The third-order valence-corrected chi connectivity index (χ3v) is 6.39. The Morgan fingerprint density at radius 2 is 2.28 bits per heavy atom. The number of anilines is 1. The summed E-state index contributed by atoms with van der Waals surface area (Å²) in [6.45, 7) is 2.28. The number of hydrogen-bond acceptors (Lipinski definition) is 6. The van der Waals surface area contributed by atoms with Gasteiger partial charge in [0.1, 0.15) is 4.21 Å². The van der Waals surface area contributed by atoms with E-state index in [1.165, 1.54) is 4.31 Å². The summed E-state index contributed by atoms with van der Waals surface area (Å²) in [4.78, 5) is 10.0. The van der Waals surface area contributed by atoms with E-state index in [0.717, 1.165) is 30.2 Å². The van der Waals surface area contributed by atoms with Crippen molar-refractivity contribution in [3.05, 3.63) is 16.2 Å². The Bertz CT molecular complexity index is 581. The molecule has 0 spiro atoms. The molecule has 0 saturated carbocycles. The molecule has 1 saturated heterocycles. The lowest BCUT2D eigenvalue weighted by Gasteiger charge is -2.19. The Kier molecular flexibility index (Phi) is 3.30. The van der Waals surface area contributed by atoms with Crippen LogP contribution in [0.3, 0.4) is 0 Å². The molecule has 0 aromatic carbocycles. The summed E-state index contributed by atoms with van der Waals surface area (Å²) in [6, 6.07) is 0.970. The number of nitrogens with two attached hydrogens (primary N) is 1. The van der Waals surface area contributed by atoms with Crippen molar-refractivity contribution in [1.82, 2.24) is 4.31 Å². The smallest absolute Gasteiger partial charge is 0.304 e. The predicted octanol–water partition coefficient (Wildman–Crippen LogP) is 1.41. The van der Waals surface area contributed by atoms with E-state index in [4.69, 9.17) is 5.73 Å². The van der Waals surface area contributed by atoms with Gasteiger partial charge in [-0.25, -0.2) is 8.42 Å². The monoisotopic (exact) mass is 291 g/mol. The first kappa shape index (κ1) is 13.2. The van der Waals surface area contributed by atoms with Gasteiger partial charge in [-0.1, -0.05) is 11.3 Å². The Hall–Kier alpha value is -1.19. The summed E-state index contributed by atoms with van der Waals surface area (Å²) in [5.41, 5.74) is 5.12. The summed E-state index contributed by atoms with van der Waals surface area (Å²) in [6.07, 6.45) is 1.62. The standard InChI is InChI=1S/C9H13N3O4S2/c1-6-3-2-4-11(6)18(15,16)8-5-7(12(13)14)9(10)17-8/h5-6H,2-4,10H2,1H3. The van der Waals surface area contributed by atoms with Gasteiger partial charge in [0.25, 0.3) is 10.0 Å². The Balaban J connectivity index is 2.42. The van der Waals surface area contributed by atoms with Gasteiger partial charge in [-0.15, -0.1) is 0 Å². The van der Waals surface area contributed by atoms with Crippen molar-refractivity contribution in [2.45, 2.75) is 30.0 Å². The molecule has 1 aromatic heterocycles. The van der Waals surface area contributed by atoms with Crippen molar-refractivity contribution in [3.63, 3.8) is 0 Å². The van der Waals surface area contributed by atoms with Crippen LogP contribution < -0.4 is 5.73 Å². The number of thiophene rings is 1. The number of nitrogens with zero attached hydrogens (tertiary/aromatic N) is 2. The fraction of sp³-hybridized carbons (Fsp3) is 0.556. The Labute approximate surface area is 108 Å². The van der Waals surface area contributed by atoms with E-state index in [9.17, 15) is 18.5 Å². The lowest BCUT2D eigenvalue weighted by atomic mass is 10.3. The van der Waals surface area contributed by atoms with Gasteiger partial charge >= 0.3 is 5.69 Å². The van der Waals surface area contributed by atoms with Crippen LogP contribution in [0.2, 0.25) is 0 Å². The molecule has 2 heterocycles. The van der Waals surface area contributed by atoms with Gasteiger partial charge in [0.05, 0.1) is 4.92 Å². The molecule has 18 heavy (non-hydrogen) atoms. The lowest BCUT2D eigenvalue weighted by Crippen LogP contribution is -2.33. The molecule has 100 valence electrons. The molecule has 1 aliphatic heterocycles. The van der Waals surface area contributed by atoms with Gasteiger partial charge in [0.15, 0.2) is 5.00 Å². The number of nitrogen functional groups attached to an aromatic ring is 1. The average Bonchev–Trinajstić information content (AvgIpc) is 2.84. The second-order valence-corrected chi connectivity index (χ2v) is 7.38. The Morgan fingerprint density at radius 3 is 2.72 bits per heavy atom. The van der Waals surface area contributed by atoms with E-state index in [1.807, 2.05) is 6.92 Å². The van der Waals surface area contributed by atoms with E-state index in [-0.39, 0.29) is 20.9 Å². The highest BCUT2D eigenvalue weighted by Crippen LogP contribution is 2.37. The van der Waals surface area contributed by atoms with E-state index >= 15 is 0 Å². The SMILES string of the molecule is CC1CCCN1S(=O)(=O)c1cc([N+](=O)[O-])c(N)s1. The predicted molar refractivity (Wildman–Crippen MR) is 68.0 cm³/mol. The summed E-state index contributed by atoms with van der Waals surface area (Å²) < 4.78 is 25.9. The topological polar surface area (TPSA) is 107 Å². The van der Waals surface area contributed by atoms with Crippen LogP contribution >= 0.6 is 11.3 Å². The molecule has 0 bridgehead atoms. The molecule has 2 N–H and O–H groups in total. The minimum absolute atomic E-state index is 0.0551. The number of sulfonamides is 1. The number of hydrogen-bond donors (Lipinski definition) is 1. The van der Waals surface area contributed by atoms with Gasteiger partial charge in [0, 0.05) is 18.7 Å². The van der Waals surface area contributed by atoms with Gasteiger partial charge in [-0.05, 0) is 19.8 Å². The van der Waals surface area contributed by atoms with Gasteiger partial charge in [-0.2, -0.15) is 4.31 Å². The van der Waals surface area contributed by atoms with Gasteiger partial charge in [-0.3, -0.25) is 10.1 Å². The molecular weight excluding hydrogens is 278 g/mol. The number of rotatable bonds is 3. The highest BCUT2D eigenvalue weighted by molar-refractivity contribution is 7.91. The zero-order chi connectivity index (χ0) is 13.5. The largest absolute Gasteiger partial charge is 0.385 e. The first-order valence-electron chi connectivity index (χ1n) is 5.39. The molecular formula is C9H13N3O4S2. The molecule has 0 amide bonds. The molecule has 2 rings (SSSR count). The summed E-state index contributed by atoms with van der Waals surface area (Å²) in [7, 11) is -3.66. The molecule has 7 nitrogen and oxygen atoms in total. The van der Waals surface area contributed by atoms with Crippen molar-refractivity contribution in [2.75, 3.05) is 12.3 Å². The maximum Gasteiger partial charge on any atom is 0.304 e. The highest BCUT2D eigenvalue weighted by Gasteiger charge is 2.35. The van der Waals surface area contributed by atoms with E-state index in [0.29, 0.717) is 6.54 Å². The second kappa shape index (κ2) is 4.48. The molecule has 1 unspecified atom stereocenters. The normalized spacial score (nSPS) is 21.3. The van der Waals surface area contributed by atoms with Crippen LogP contribution in [0.25, 0.3) is 0 Å².